The summed E-state index contributed by atoms with van der Waals surface area (Å²) in [6.07, 6.45) is -1.30. The molecule has 0 fully saturated rings. The van der Waals surface area contributed by atoms with Gasteiger partial charge in [0.15, 0.2) is 11.6 Å². The van der Waals surface area contributed by atoms with Crippen LogP contribution in [0.3, 0.4) is 0 Å². The molecule has 0 saturated heterocycles. The molecule has 0 aliphatic heterocycles. The number of hydrogen-bond donors (Lipinski definition) is 2. The monoisotopic (exact) mass is 322 g/mol. The van der Waals surface area contributed by atoms with Crippen LogP contribution in [0.25, 0.3) is 0 Å². The van der Waals surface area contributed by atoms with Gasteiger partial charge in [0, 0.05) is 13.1 Å². The minimum absolute atomic E-state index is 0.0938. The van der Waals surface area contributed by atoms with Gasteiger partial charge in [-0.15, -0.1) is 0 Å². The molecule has 2 unspecified atom stereocenters. The van der Waals surface area contributed by atoms with E-state index in [-0.39, 0.29) is 11.6 Å². The Morgan fingerprint density at radius 3 is 2.24 bits per heavy atom. The molecule has 0 saturated carbocycles. The van der Waals surface area contributed by atoms with Crippen LogP contribution in [0.15, 0.2) is 18.2 Å². The van der Waals surface area contributed by atoms with Crippen LogP contribution in [0.4, 0.5) is 8.78 Å². The highest BCUT2D eigenvalue weighted by Crippen LogP contribution is 2.20. The Hall–Kier alpha value is -1.09. The van der Waals surface area contributed by atoms with E-state index in [4.69, 9.17) is 0 Å². The highest BCUT2D eigenvalue weighted by atomic mass is 32.2. The maximum atomic E-state index is 13.1. The molecule has 0 aliphatic rings. The Kier molecular flexibility index (Phi) is 5.80. The van der Waals surface area contributed by atoms with E-state index in [1.165, 1.54) is 20.0 Å². The van der Waals surface area contributed by atoms with E-state index in [9.17, 15) is 22.3 Å². The second kappa shape index (κ2) is 6.78. The Morgan fingerprint density at radius 1 is 1.19 bits per heavy atom. The Labute approximate surface area is 123 Å². The molecule has 1 aromatic rings. The first-order valence-corrected chi connectivity index (χ1v) is 7.88. The van der Waals surface area contributed by atoms with E-state index in [0.29, 0.717) is 0 Å². The van der Waals surface area contributed by atoms with Gasteiger partial charge in [0.1, 0.15) is 0 Å². The van der Waals surface area contributed by atoms with Gasteiger partial charge in [-0.1, -0.05) is 6.07 Å². The molecule has 1 aromatic carbocycles. The van der Waals surface area contributed by atoms with Crippen molar-refractivity contribution in [3.8, 4) is 0 Å². The molecular formula is C13H20F2N2O3S. The maximum Gasteiger partial charge on any atom is 0.279 e. The molecule has 2 N–H and O–H groups in total. The summed E-state index contributed by atoms with van der Waals surface area (Å²) in [6, 6.07) is 1.78. The van der Waals surface area contributed by atoms with Gasteiger partial charge >= 0.3 is 0 Å². The van der Waals surface area contributed by atoms with Crippen molar-refractivity contribution in [1.82, 2.24) is 9.03 Å². The number of nitrogens with zero attached hydrogens (tertiary/aromatic N) is 1. The van der Waals surface area contributed by atoms with Crippen LogP contribution in [-0.4, -0.2) is 37.0 Å². The van der Waals surface area contributed by atoms with E-state index in [1.54, 1.807) is 13.8 Å². The summed E-state index contributed by atoms with van der Waals surface area (Å²) in [4.78, 5) is 0. The summed E-state index contributed by atoms with van der Waals surface area (Å²) in [6.45, 7) is 4.85. The standard InChI is InChI=1S/C13H20F2N2O3S/c1-8(2)17(4)21(19,20)16-9(3)13(18)10-5-6-11(14)12(15)7-10/h5-9,13,16,18H,1-4H3. The molecule has 0 spiro atoms. The van der Waals surface area contributed by atoms with Crippen LogP contribution in [0, 0.1) is 11.6 Å². The lowest BCUT2D eigenvalue weighted by Gasteiger charge is -2.26. The van der Waals surface area contributed by atoms with Crippen LogP contribution < -0.4 is 4.72 Å². The van der Waals surface area contributed by atoms with Crippen LogP contribution in [0.5, 0.6) is 0 Å². The molecule has 0 radical (unpaired) electrons. The fourth-order valence-electron chi connectivity index (χ4n) is 1.65. The SMILES string of the molecule is CC(NS(=O)(=O)N(C)C(C)C)C(O)c1ccc(F)c(F)c1. The number of aliphatic hydroxyl groups excluding tert-OH is 1. The Morgan fingerprint density at radius 2 is 1.76 bits per heavy atom. The maximum absolute atomic E-state index is 13.1. The van der Waals surface area contributed by atoms with Crippen molar-refractivity contribution in [1.29, 1.82) is 0 Å². The molecule has 8 heteroatoms. The number of halogens is 2. The zero-order valence-electron chi connectivity index (χ0n) is 12.3. The predicted octanol–water partition coefficient (Wildman–Crippen LogP) is 1.56. The zero-order chi connectivity index (χ0) is 16.4. The molecule has 0 aromatic heterocycles. The summed E-state index contributed by atoms with van der Waals surface area (Å²) in [5.41, 5.74) is 0.0938. The van der Waals surface area contributed by atoms with Gasteiger partial charge in [0.25, 0.3) is 10.2 Å². The number of aliphatic hydroxyl groups is 1. The normalized spacial score (nSPS) is 15.5. The molecule has 5 nitrogen and oxygen atoms in total. The molecule has 0 heterocycles. The van der Waals surface area contributed by atoms with E-state index < -0.39 is 34.0 Å². The highest BCUT2D eigenvalue weighted by molar-refractivity contribution is 7.87. The molecule has 0 amide bonds. The van der Waals surface area contributed by atoms with Crippen LogP contribution in [0.1, 0.15) is 32.4 Å². The molecule has 1 rings (SSSR count). The highest BCUT2D eigenvalue weighted by Gasteiger charge is 2.26. The summed E-state index contributed by atoms with van der Waals surface area (Å²) in [5, 5.41) is 10.1. The number of benzene rings is 1. The van der Waals surface area contributed by atoms with Crippen LogP contribution >= 0.6 is 0 Å². The topological polar surface area (TPSA) is 69.6 Å². The minimum Gasteiger partial charge on any atom is -0.387 e. The van der Waals surface area contributed by atoms with Gasteiger partial charge < -0.3 is 5.11 Å². The number of rotatable bonds is 6. The van der Waals surface area contributed by atoms with Crippen molar-refractivity contribution < 1.29 is 22.3 Å². The summed E-state index contributed by atoms with van der Waals surface area (Å²) in [7, 11) is -2.37. The van der Waals surface area contributed by atoms with Crippen LogP contribution in [0.2, 0.25) is 0 Å². The zero-order valence-corrected chi connectivity index (χ0v) is 13.2. The quantitative estimate of drug-likeness (QED) is 0.835. The van der Waals surface area contributed by atoms with Crippen molar-refractivity contribution in [2.24, 2.45) is 0 Å². The number of nitrogens with one attached hydrogen (secondary N) is 1. The summed E-state index contributed by atoms with van der Waals surface area (Å²) >= 11 is 0. The smallest absolute Gasteiger partial charge is 0.279 e. The lowest BCUT2D eigenvalue weighted by molar-refractivity contribution is 0.144. The third-order valence-electron chi connectivity index (χ3n) is 3.20. The lowest BCUT2D eigenvalue weighted by Crippen LogP contribution is -2.47. The van der Waals surface area contributed by atoms with E-state index in [1.807, 2.05) is 0 Å². The Bertz CT molecular complexity index is 593. The van der Waals surface area contributed by atoms with Crippen molar-refractivity contribution in [3.05, 3.63) is 35.4 Å². The molecule has 120 valence electrons. The van der Waals surface area contributed by atoms with Crippen LogP contribution in [-0.2, 0) is 10.2 Å². The molecule has 2 atom stereocenters. The van der Waals surface area contributed by atoms with E-state index >= 15 is 0 Å². The first kappa shape index (κ1) is 18.0. The Balaban J connectivity index is 2.88. The number of hydrogen-bond acceptors (Lipinski definition) is 3. The molecule has 0 bridgehead atoms. The third-order valence-corrected chi connectivity index (χ3v) is 5.05. The third kappa shape index (κ3) is 4.44. The first-order chi connectivity index (χ1) is 9.56. The van der Waals surface area contributed by atoms with Crippen molar-refractivity contribution in [3.63, 3.8) is 0 Å². The fourth-order valence-corrected chi connectivity index (χ4v) is 2.97. The average molecular weight is 322 g/mol. The average Bonchev–Trinajstić information content (AvgIpc) is 2.39. The van der Waals surface area contributed by atoms with Crippen molar-refractivity contribution in [2.75, 3.05) is 7.05 Å². The first-order valence-electron chi connectivity index (χ1n) is 6.44. The second-order valence-corrected chi connectivity index (χ2v) is 6.90. The molecule has 0 aliphatic carbocycles. The summed E-state index contributed by atoms with van der Waals surface area (Å²) < 4.78 is 53.4. The largest absolute Gasteiger partial charge is 0.387 e. The van der Waals surface area contributed by atoms with Gasteiger partial charge in [-0.05, 0) is 38.5 Å². The predicted molar refractivity (Wildman–Crippen MR) is 75.7 cm³/mol. The van der Waals surface area contributed by atoms with Gasteiger partial charge in [-0.2, -0.15) is 17.4 Å². The summed E-state index contributed by atoms with van der Waals surface area (Å²) in [5.74, 6) is -2.13. The molecule has 21 heavy (non-hydrogen) atoms. The van der Waals surface area contributed by atoms with Gasteiger partial charge in [-0.3, -0.25) is 0 Å². The minimum atomic E-state index is -3.77. The van der Waals surface area contributed by atoms with E-state index in [2.05, 4.69) is 4.72 Å². The lowest BCUT2D eigenvalue weighted by atomic mass is 10.0. The van der Waals surface area contributed by atoms with Crippen molar-refractivity contribution in [2.45, 2.75) is 39.0 Å². The second-order valence-electron chi connectivity index (χ2n) is 5.14. The fraction of sp³-hybridized carbons (Fsp3) is 0.538. The van der Waals surface area contributed by atoms with Crippen molar-refractivity contribution >= 4 is 10.2 Å². The van der Waals surface area contributed by atoms with Gasteiger partial charge in [0.05, 0.1) is 12.1 Å². The van der Waals surface area contributed by atoms with E-state index in [0.717, 1.165) is 16.4 Å². The van der Waals surface area contributed by atoms with Gasteiger partial charge in [0.2, 0.25) is 0 Å². The molecular weight excluding hydrogens is 302 g/mol. The van der Waals surface area contributed by atoms with Gasteiger partial charge in [-0.25, -0.2) is 8.78 Å².